The fraction of sp³-hybridized carbons (Fsp3) is 0.543. The second kappa shape index (κ2) is 30.0. The van der Waals surface area contributed by atoms with Crippen LogP contribution < -0.4 is 38.5 Å². The summed E-state index contributed by atoms with van der Waals surface area (Å²) in [5, 5.41) is 25.1. The Morgan fingerprint density at radius 3 is 2.15 bits per heavy atom. The topological polar surface area (TPSA) is 496 Å². The SMILES string of the molecule is CC(C)[C@H](NC(=O)CN=[N+]=[N-])C(=O)N[C@@H](CCCNC(N)=O)C(O)Nc1ccc(COC(=O)N(C)CCN(C)C(=O)O[C@@H]2C[C@@H](COP(O)(=S)O[C@@H]3C(COP(=O)(O)S)O[C@@H](n4cnc5c(N)ncnc54)[C@@H]3F)O[C@H]2n2cnc3c(N)ncnc32)cc1. The third kappa shape index (κ3) is 18.3. The molecule has 2 saturated heterocycles. The Hall–Kier alpha value is -7.38. The molecule has 4 aromatic heterocycles. The lowest BCUT2D eigenvalue weighted by Crippen LogP contribution is -2.56. The number of anilines is 3. The van der Waals surface area contributed by atoms with Crippen molar-refractivity contribution in [1.29, 1.82) is 0 Å². The van der Waals surface area contributed by atoms with E-state index < -0.39 is 131 Å². The molecule has 12 atom stereocenters. The summed E-state index contributed by atoms with van der Waals surface area (Å²) in [5.41, 5.74) is 27.3. The molecule has 2 aliphatic rings. The predicted octanol–water partition coefficient (Wildman–Crippen LogP) is 1.84. The lowest BCUT2D eigenvalue weighted by atomic mass is 10.0. The van der Waals surface area contributed by atoms with Gasteiger partial charge in [-0.15, -0.1) is 0 Å². The number of ether oxygens (including phenoxy) is 4. The molecular weight excluding hydrogens is 1230 g/mol. The number of aliphatic hydroxyl groups excluding tert-OH is 1. The fourth-order valence-corrected chi connectivity index (χ4v) is 10.9. The smallest absolute Gasteiger partial charge is 0.409 e. The van der Waals surface area contributed by atoms with Gasteiger partial charge in [0.2, 0.25) is 11.8 Å². The van der Waals surface area contributed by atoms with Gasteiger partial charge in [0.05, 0.1) is 38.0 Å². The van der Waals surface area contributed by atoms with E-state index in [4.69, 9.17) is 67.1 Å². The third-order valence-electron chi connectivity index (χ3n) is 13.3. The van der Waals surface area contributed by atoms with Crippen LogP contribution in [0.25, 0.3) is 32.8 Å². The number of nitrogen functional groups attached to an aromatic ring is 2. The molecule has 2 fully saturated rings. The number of nitrogens with two attached hydrogens (primary N) is 3. The first kappa shape index (κ1) is 67.1. The molecule has 87 heavy (non-hydrogen) atoms. The van der Waals surface area contributed by atoms with Gasteiger partial charge in [0.1, 0.15) is 61.3 Å². The van der Waals surface area contributed by atoms with Gasteiger partial charge in [-0.3, -0.25) is 27.8 Å². The largest absolute Gasteiger partial charge is 0.445 e. The molecule has 0 radical (unpaired) electrons. The number of carbonyl (C=O) groups excluding carboxylic acids is 5. The van der Waals surface area contributed by atoms with E-state index in [1.54, 1.807) is 38.1 Å². The first-order chi connectivity index (χ1) is 41.2. The average molecular weight is 1300 g/mol. The van der Waals surface area contributed by atoms with Crippen molar-refractivity contribution in [3.05, 3.63) is 65.6 Å². The number of alkyl halides is 1. The Labute approximate surface area is 504 Å². The Kier molecular flexibility index (Phi) is 23.2. The van der Waals surface area contributed by atoms with Crippen LogP contribution in [0.2, 0.25) is 0 Å². The predicted molar refractivity (Wildman–Crippen MR) is 310 cm³/mol. The van der Waals surface area contributed by atoms with Crippen molar-refractivity contribution in [3.63, 3.8) is 0 Å². The molecule has 36 nitrogen and oxygen atoms in total. The molecule has 0 aliphatic carbocycles. The number of primary amides is 1. The number of aromatic nitrogens is 8. The molecule has 474 valence electrons. The second-order valence-electron chi connectivity index (χ2n) is 20.0. The number of carbonyl (C=O) groups is 5. The number of urea groups is 1. The highest BCUT2D eigenvalue weighted by atomic mass is 32.7. The van der Waals surface area contributed by atoms with Gasteiger partial charge in [-0.05, 0) is 53.8 Å². The first-order valence-electron chi connectivity index (χ1n) is 26.4. The number of hydrogen-bond acceptors (Lipinski definition) is 25. The quantitative estimate of drug-likeness (QED) is 0.00619. The van der Waals surface area contributed by atoms with E-state index in [2.05, 4.69) is 73.4 Å². The van der Waals surface area contributed by atoms with Gasteiger partial charge in [0.25, 0.3) is 0 Å². The number of halogens is 1. The normalized spacial score (nSPS) is 21.6. The van der Waals surface area contributed by atoms with Gasteiger partial charge in [0.15, 0.2) is 47.7 Å². The molecule has 6 amide bonds. The van der Waals surface area contributed by atoms with E-state index in [1.807, 2.05) is 0 Å². The van der Waals surface area contributed by atoms with E-state index in [0.717, 1.165) is 6.33 Å². The Balaban J connectivity index is 0.925. The van der Waals surface area contributed by atoms with Crippen LogP contribution in [0.15, 0.2) is 54.7 Å². The molecule has 0 saturated carbocycles. The van der Waals surface area contributed by atoms with Crippen LogP contribution in [0.5, 0.6) is 0 Å². The van der Waals surface area contributed by atoms with Gasteiger partial charge >= 0.3 is 31.7 Å². The minimum atomic E-state index is -4.47. The van der Waals surface area contributed by atoms with Gasteiger partial charge in [-0.25, -0.2) is 53.2 Å². The Bertz CT molecular complexity index is 3390. The summed E-state index contributed by atoms with van der Waals surface area (Å²) in [6.07, 6.45) is -7.98. The van der Waals surface area contributed by atoms with Crippen LogP contribution >= 0.6 is 25.8 Å². The molecule has 41 heteroatoms. The molecule has 7 rings (SSSR count). The maximum atomic E-state index is 16.5. The molecule has 6 heterocycles. The summed E-state index contributed by atoms with van der Waals surface area (Å²) < 4.78 is 71.0. The number of imidazole rings is 2. The highest BCUT2D eigenvalue weighted by Gasteiger charge is 2.51. The number of azide groups is 1. The van der Waals surface area contributed by atoms with Crippen molar-refractivity contribution in [1.82, 2.24) is 64.8 Å². The van der Waals surface area contributed by atoms with E-state index in [0.29, 0.717) is 17.7 Å². The summed E-state index contributed by atoms with van der Waals surface area (Å²) in [6.45, 7) is -7.42. The van der Waals surface area contributed by atoms with E-state index in [9.17, 15) is 43.4 Å². The second-order valence-corrected chi connectivity index (χ2v) is 25.6. The standard InChI is InChI=1S/C46H65FN20O16P2S2/c1-23(2)32(62-30(68)15-59-63-51)41(70)61-27(6-5-11-52-44(50)71)40(69)60-25-9-7-24(8-10-25)16-77-45(72)64(3)12-13-65(4)46(73)82-28-14-26(80-42(28)66-21-57-33-36(48)53-19-55-38(33)66)17-79-85(76,87)83-35-29(18-78-84(74,75)86)81-43(31(35)47)67-22-58-34-37(49)54-20-56-39(34)67/h7-10,19-23,26-29,31-32,35,40,42-43,60,69H,5-6,11-18H2,1-4H3,(H,61,70)(H,62,68)(H,76,87)(H2,48,53,55)(H2,49,54,56)(H3,50,52,71)(H2,74,75,86)/t26-,27-,28+,29?,31+,32-,35+,40?,42+,43+,85?/m0/s1. The van der Waals surface area contributed by atoms with E-state index in [1.165, 1.54) is 52.0 Å². The zero-order chi connectivity index (χ0) is 63.3. The van der Waals surface area contributed by atoms with Gasteiger partial charge in [-0.2, -0.15) is 0 Å². The number of nitrogens with one attached hydrogen (secondary N) is 4. The molecule has 5 aromatic rings. The Morgan fingerprint density at radius 2 is 1.55 bits per heavy atom. The van der Waals surface area contributed by atoms with Crippen LogP contribution in [-0.4, -0.2) is 196 Å². The number of amides is 6. The highest BCUT2D eigenvalue weighted by Crippen LogP contribution is 2.52. The van der Waals surface area contributed by atoms with Crippen LogP contribution in [0.4, 0.5) is 36.1 Å². The van der Waals surface area contributed by atoms with Crippen molar-refractivity contribution in [2.24, 2.45) is 16.8 Å². The Morgan fingerprint density at radius 1 is 0.931 bits per heavy atom. The van der Waals surface area contributed by atoms with Crippen LogP contribution in [0.1, 0.15) is 51.1 Å². The molecular formula is C46H65FN20O16P2S2. The van der Waals surface area contributed by atoms with Crippen molar-refractivity contribution >= 4 is 107 Å². The molecule has 4 unspecified atom stereocenters. The minimum absolute atomic E-state index is 0.00634. The summed E-state index contributed by atoms with van der Waals surface area (Å²) in [6, 6.07) is 3.71. The molecule has 13 N–H and O–H groups in total. The summed E-state index contributed by atoms with van der Waals surface area (Å²) >= 11 is 8.84. The number of rotatable bonds is 29. The van der Waals surface area contributed by atoms with Crippen LogP contribution in [0, 0.1) is 5.92 Å². The zero-order valence-corrected chi connectivity index (χ0v) is 50.4. The maximum absolute atomic E-state index is 16.5. The van der Waals surface area contributed by atoms with Crippen molar-refractivity contribution in [2.75, 3.05) is 70.3 Å². The monoisotopic (exact) mass is 1300 g/mol. The summed E-state index contributed by atoms with van der Waals surface area (Å²) in [5.74, 6) is -1.65. The third-order valence-corrected chi connectivity index (χ3v) is 15.7. The number of thiol groups is 1. The fourth-order valence-electron chi connectivity index (χ4n) is 8.89. The minimum Gasteiger partial charge on any atom is -0.445 e. The number of fused-ring (bicyclic) bond motifs is 2. The van der Waals surface area contributed by atoms with Crippen molar-refractivity contribution in [3.8, 4) is 0 Å². The van der Waals surface area contributed by atoms with Crippen LogP contribution in [0.3, 0.4) is 0 Å². The molecule has 0 spiro atoms. The number of benzene rings is 1. The summed E-state index contributed by atoms with van der Waals surface area (Å²) in [4.78, 5) is 115. The number of nitrogens with zero attached hydrogens (tertiary/aromatic N) is 13. The molecule has 1 aromatic carbocycles. The number of aliphatic hydroxyl groups is 1. The van der Waals surface area contributed by atoms with Crippen LogP contribution in [-0.2, 0) is 65.1 Å². The highest BCUT2D eigenvalue weighted by molar-refractivity contribution is 8.44. The lowest BCUT2D eigenvalue weighted by molar-refractivity contribution is -0.130. The van der Waals surface area contributed by atoms with E-state index in [-0.39, 0.29) is 73.0 Å². The van der Waals surface area contributed by atoms with E-state index >= 15 is 4.39 Å². The summed E-state index contributed by atoms with van der Waals surface area (Å²) in [7, 11) is 2.88. The van der Waals surface area contributed by atoms with Gasteiger partial charge in [0, 0.05) is 50.7 Å². The number of likely N-dealkylation sites (N-methyl/N-ethyl adjacent to an activating group) is 2. The van der Waals surface area contributed by atoms with Crippen molar-refractivity contribution in [2.45, 2.75) is 101 Å². The van der Waals surface area contributed by atoms with Crippen molar-refractivity contribution < 1.29 is 80.3 Å². The maximum Gasteiger partial charge on any atom is 0.409 e. The lowest BCUT2D eigenvalue weighted by Gasteiger charge is -2.29. The molecule has 0 bridgehead atoms. The van der Waals surface area contributed by atoms with Gasteiger partial charge in [-0.1, -0.05) is 43.3 Å². The number of hydrogen-bond donors (Lipinski definition) is 11. The first-order valence-corrected chi connectivity index (χ1v) is 31.7. The molecule has 2 aliphatic heterocycles. The average Bonchev–Trinajstić information content (AvgIpc) is 1.72. The van der Waals surface area contributed by atoms with Gasteiger partial charge < -0.3 is 86.6 Å². The zero-order valence-electron chi connectivity index (χ0n) is 46.9.